The second-order valence-electron chi connectivity index (χ2n) is 7.48. The number of benzene rings is 1. The van der Waals surface area contributed by atoms with E-state index in [1.54, 1.807) is 6.20 Å². The highest BCUT2D eigenvalue weighted by Crippen LogP contribution is 2.33. The SMILES string of the molecule is c1ccc(-c2cnc(N3CC4CN(CCn5ccnn5)CC4C3)cn2)cc1. The third-order valence-corrected chi connectivity index (χ3v) is 5.71. The number of anilines is 1. The van der Waals surface area contributed by atoms with E-state index in [2.05, 4.69) is 42.2 Å². The van der Waals surface area contributed by atoms with Crippen molar-refractivity contribution in [2.24, 2.45) is 11.8 Å². The van der Waals surface area contributed by atoms with Crippen LogP contribution in [0.1, 0.15) is 0 Å². The molecule has 2 atom stereocenters. The quantitative estimate of drug-likeness (QED) is 0.691. The van der Waals surface area contributed by atoms with Crippen molar-refractivity contribution >= 4 is 5.82 Å². The highest BCUT2D eigenvalue weighted by molar-refractivity contribution is 5.58. The van der Waals surface area contributed by atoms with Crippen LogP contribution in [0.4, 0.5) is 5.82 Å². The maximum atomic E-state index is 4.68. The van der Waals surface area contributed by atoms with Gasteiger partial charge in [-0.1, -0.05) is 35.5 Å². The van der Waals surface area contributed by atoms with Crippen LogP contribution >= 0.6 is 0 Å². The van der Waals surface area contributed by atoms with Crippen LogP contribution in [-0.2, 0) is 6.54 Å². The van der Waals surface area contributed by atoms with E-state index in [0.29, 0.717) is 0 Å². The molecule has 2 aliphatic heterocycles. The van der Waals surface area contributed by atoms with Crippen molar-refractivity contribution in [2.75, 3.05) is 37.6 Å². The van der Waals surface area contributed by atoms with Gasteiger partial charge in [0.25, 0.3) is 0 Å². The smallest absolute Gasteiger partial charge is 0.147 e. The minimum atomic E-state index is 0.719. The molecule has 2 aliphatic rings. The summed E-state index contributed by atoms with van der Waals surface area (Å²) in [6.45, 7) is 6.42. The first-order chi connectivity index (χ1) is 13.3. The van der Waals surface area contributed by atoms with Gasteiger partial charge in [0.1, 0.15) is 5.82 Å². The first kappa shape index (κ1) is 16.4. The monoisotopic (exact) mass is 361 g/mol. The van der Waals surface area contributed by atoms with Crippen LogP contribution in [0.15, 0.2) is 55.1 Å². The summed E-state index contributed by atoms with van der Waals surface area (Å²) in [4.78, 5) is 14.3. The molecule has 3 aromatic rings. The Morgan fingerprint density at radius 1 is 0.889 bits per heavy atom. The van der Waals surface area contributed by atoms with Crippen molar-refractivity contribution in [3.63, 3.8) is 0 Å². The Balaban J connectivity index is 1.18. The minimum absolute atomic E-state index is 0.719. The molecule has 2 fully saturated rings. The summed E-state index contributed by atoms with van der Waals surface area (Å²) in [5.74, 6) is 2.44. The van der Waals surface area contributed by atoms with Crippen LogP contribution in [0, 0.1) is 11.8 Å². The fraction of sp³-hybridized carbons (Fsp3) is 0.400. The number of hydrogen-bond donors (Lipinski definition) is 0. The lowest BCUT2D eigenvalue weighted by Crippen LogP contribution is -2.31. The van der Waals surface area contributed by atoms with E-state index >= 15 is 0 Å². The molecule has 2 unspecified atom stereocenters. The molecule has 0 aliphatic carbocycles. The summed E-state index contributed by atoms with van der Waals surface area (Å²) in [7, 11) is 0. The third kappa shape index (κ3) is 3.42. The Morgan fingerprint density at radius 3 is 2.37 bits per heavy atom. The summed E-state index contributed by atoms with van der Waals surface area (Å²) in [6.07, 6.45) is 7.48. The number of likely N-dealkylation sites (tertiary alicyclic amines) is 1. The molecule has 0 N–H and O–H groups in total. The van der Waals surface area contributed by atoms with Crippen LogP contribution in [-0.4, -0.2) is 62.6 Å². The molecule has 2 aromatic heterocycles. The second-order valence-corrected chi connectivity index (χ2v) is 7.48. The average molecular weight is 361 g/mol. The Kier molecular flexibility index (Phi) is 4.29. The first-order valence-electron chi connectivity index (χ1n) is 9.54. The van der Waals surface area contributed by atoms with Gasteiger partial charge in [0.2, 0.25) is 0 Å². The predicted octanol–water partition coefficient (Wildman–Crippen LogP) is 1.80. The largest absolute Gasteiger partial charge is 0.355 e. The summed E-state index contributed by atoms with van der Waals surface area (Å²) in [6, 6.07) is 10.2. The molecule has 0 amide bonds. The molecular formula is C20H23N7. The zero-order valence-electron chi connectivity index (χ0n) is 15.2. The van der Waals surface area contributed by atoms with Crippen molar-refractivity contribution < 1.29 is 0 Å². The highest BCUT2D eigenvalue weighted by atomic mass is 15.4. The zero-order valence-corrected chi connectivity index (χ0v) is 15.2. The second kappa shape index (κ2) is 7.08. The molecule has 0 saturated carbocycles. The fourth-order valence-electron chi connectivity index (χ4n) is 4.30. The lowest BCUT2D eigenvalue weighted by molar-refractivity contribution is 0.295. The van der Waals surface area contributed by atoms with Crippen molar-refractivity contribution in [3.8, 4) is 11.3 Å². The van der Waals surface area contributed by atoms with Gasteiger partial charge in [-0.05, 0) is 11.8 Å². The summed E-state index contributed by atoms with van der Waals surface area (Å²) >= 11 is 0. The van der Waals surface area contributed by atoms with Crippen molar-refractivity contribution in [2.45, 2.75) is 6.54 Å². The summed E-state index contributed by atoms with van der Waals surface area (Å²) in [5, 5.41) is 7.92. The van der Waals surface area contributed by atoms with Gasteiger partial charge in [0, 0.05) is 44.5 Å². The van der Waals surface area contributed by atoms with Gasteiger partial charge in [-0.25, -0.2) is 4.98 Å². The van der Waals surface area contributed by atoms with Gasteiger partial charge >= 0.3 is 0 Å². The molecule has 1 aromatic carbocycles. The Morgan fingerprint density at radius 2 is 1.70 bits per heavy atom. The molecule has 0 bridgehead atoms. The van der Waals surface area contributed by atoms with Crippen LogP contribution in [0.3, 0.4) is 0 Å². The Labute approximate surface area is 158 Å². The molecule has 4 heterocycles. The molecule has 7 nitrogen and oxygen atoms in total. The number of fused-ring (bicyclic) bond motifs is 1. The summed E-state index contributed by atoms with van der Waals surface area (Å²) in [5.41, 5.74) is 2.04. The molecule has 2 saturated heterocycles. The standard InChI is InChI=1S/C20H23N7/c1-2-4-16(5-3-1)19-10-22-20(11-21-19)26-14-17-12-25(13-18(17)15-26)8-9-27-7-6-23-24-27/h1-7,10-11,17-18H,8-9,12-15H2. The lowest BCUT2D eigenvalue weighted by Gasteiger charge is -2.22. The van der Waals surface area contributed by atoms with E-state index in [0.717, 1.165) is 68.2 Å². The predicted molar refractivity (Wildman–Crippen MR) is 103 cm³/mol. The molecule has 5 rings (SSSR count). The normalized spacial score (nSPS) is 22.3. The van der Waals surface area contributed by atoms with E-state index in [4.69, 9.17) is 0 Å². The van der Waals surface area contributed by atoms with Crippen LogP contribution in [0.25, 0.3) is 11.3 Å². The van der Waals surface area contributed by atoms with Crippen molar-refractivity contribution in [1.82, 2.24) is 29.9 Å². The molecule has 7 heteroatoms. The highest BCUT2D eigenvalue weighted by Gasteiger charge is 2.40. The summed E-state index contributed by atoms with van der Waals surface area (Å²) < 4.78 is 1.91. The molecule has 27 heavy (non-hydrogen) atoms. The maximum Gasteiger partial charge on any atom is 0.147 e. The van der Waals surface area contributed by atoms with Crippen LogP contribution in [0.2, 0.25) is 0 Å². The van der Waals surface area contributed by atoms with E-state index in [1.165, 1.54) is 0 Å². The zero-order chi connectivity index (χ0) is 18.1. The van der Waals surface area contributed by atoms with E-state index in [-0.39, 0.29) is 0 Å². The van der Waals surface area contributed by atoms with Gasteiger partial charge in [0.05, 0.1) is 30.8 Å². The topological polar surface area (TPSA) is 63.0 Å². The van der Waals surface area contributed by atoms with Gasteiger partial charge in [0.15, 0.2) is 0 Å². The number of hydrogen-bond acceptors (Lipinski definition) is 6. The van der Waals surface area contributed by atoms with Gasteiger partial charge < -0.3 is 9.80 Å². The van der Waals surface area contributed by atoms with Gasteiger partial charge in [-0.2, -0.15) is 0 Å². The van der Waals surface area contributed by atoms with Crippen LogP contribution in [0.5, 0.6) is 0 Å². The molecule has 0 radical (unpaired) electrons. The van der Waals surface area contributed by atoms with Crippen molar-refractivity contribution in [3.05, 3.63) is 55.1 Å². The first-order valence-corrected chi connectivity index (χ1v) is 9.54. The minimum Gasteiger partial charge on any atom is -0.355 e. The number of rotatable bonds is 5. The lowest BCUT2D eigenvalue weighted by atomic mass is 10.0. The van der Waals surface area contributed by atoms with Gasteiger partial charge in [-0.3, -0.25) is 9.67 Å². The number of aromatic nitrogens is 5. The third-order valence-electron chi connectivity index (χ3n) is 5.71. The fourth-order valence-corrected chi connectivity index (χ4v) is 4.30. The maximum absolute atomic E-state index is 4.68. The molecule has 138 valence electrons. The Hall–Kier alpha value is -2.80. The molecule has 0 spiro atoms. The average Bonchev–Trinajstić information content (AvgIpc) is 3.44. The van der Waals surface area contributed by atoms with E-state index in [9.17, 15) is 0 Å². The van der Waals surface area contributed by atoms with Crippen molar-refractivity contribution in [1.29, 1.82) is 0 Å². The van der Waals surface area contributed by atoms with E-state index in [1.807, 2.05) is 41.5 Å². The number of nitrogens with zero attached hydrogens (tertiary/aromatic N) is 7. The van der Waals surface area contributed by atoms with Gasteiger partial charge in [-0.15, -0.1) is 5.10 Å². The molecular weight excluding hydrogens is 338 g/mol. The van der Waals surface area contributed by atoms with Crippen LogP contribution < -0.4 is 4.90 Å². The van der Waals surface area contributed by atoms with E-state index < -0.39 is 0 Å². The Bertz CT molecular complexity index is 849.